The van der Waals surface area contributed by atoms with Crippen molar-refractivity contribution in [3.63, 3.8) is 0 Å². The lowest BCUT2D eigenvalue weighted by Crippen LogP contribution is -2.53. The van der Waals surface area contributed by atoms with Gasteiger partial charge >= 0.3 is 5.97 Å². The number of hydrogen-bond acceptors (Lipinski definition) is 5. The SMILES string of the molecule is COC(=O)C(CC(C)C)NC(C)C(=O)N1CCOCC1. The zero-order chi connectivity index (χ0) is 15.1. The predicted molar refractivity (Wildman–Crippen MR) is 75.3 cm³/mol. The summed E-state index contributed by atoms with van der Waals surface area (Å²) in [5, 5.41) is 3.09. The molecule has 20 heavy (non-hydrogen) atoms. The standard InChI is InChI=1S/C14H26N2O4/c1-10(2)9-12(14(18)19-4)15-11(3)13(17)16-5-7-20-8-6-16/h10-12,15H,5-9H2,1-4H3. The Morgan fingerprint density at radius 2 is 1.85 bits per heavy atom. The monoisotopic (exact) mass is 286 g/mol. The van der Waals surface area contributed by atoms with Gasteiger partial charge in [-0.05, 0) is 19.3 Å². The lowest BCUT2D eigenvalue weighted by Gasteiger charge is -2.31. The molecule has 0 spiro atoms. The number of methoxy groups -OCH3 is 1. The van der Waals surface area contributed by atoms with Crippen LogP contribution in [0.2, 0.25) is 0 Å². The van der Waals surface area contributed by atoms with E-state index in [1.54, 1.807) is 11.8 Å². The molecule has 1 aliphatic rings. The minimum Gasteiger partial charge on any atom is -0.468 e. The molecule has 0 aliphatic carbocycles. The number of esters is 1. The van der Waals surface area contributed by atoms with E-state index in [4.69, 9.17) is 9.47 Å². The Balaban J connectivity index is 2.57. The molecule has 0 aromatic heterocycles. The first kappa shape index (κ1) is 16.9. The summed E-state index contributed by atoms with van der Waals surface area (Å²) in [7, 11) is 1.37. The first-order valence-electron chi connectivity index (χ1n) is 7.16. The van der Waals surface area contributed by atoms with Crippen molar-refractivity contribution < 1.29 is 19.1 Å². The summed E-state index contributed by atoms with van der Waals surface area (Å²) in [5.41, 5.74) is 0. The van der Waals surface area contributed by atoms with Gasteiger partial charge in [0.05, 0.1) is 26.4 Å². The average molecular weight is 286 g/mol. The van der Waals surface area contributed by atoms with Crippen molar-refractivity contribution in [1.29, 1.82) is 0 Å². The number of amides is 1. The highest BCUT2D eigenvalue weighted by Gasteiger charge is 2.28. The molecule has 0 aromatic rings. The third-order valence-electron chi connectivity index (χ3n) is 3.34. The van der Waals surface area contributed by atoms with Crippen LogP contribution in [-0.4, -0.2) is 62.3 Å². The maximum Gasteiger partial charge on any atom is 0.322 e. The van der Waals surface area contributed by atoms with Crippen LogP contribution in [0.5, 0.6) is 0 Å². The molecular formula is C14H26N2O4. The molecule has 6 nitrogen and oxygen atoms in total. The predicted octanol–water partition coefficient (Wildman–Crippen LogP) is 0.411. The lowest BCUT2D eigenvalue weighted by atomic mass is 10.0. The molecule has 1 N–H and O–H groups in total. The van der Waals surface area contributed by atoms with Crippen LogP contribution >= 0.6 is 0 Å². The van der Waals surface area contributed by atoms with Crippen LogP contribution in [0.1, 0.15) is 27.2 Å². The summed E-state index contributed by atoms with van der Waals surface area (Å²) < 4.78 is 10.0. The summed E-state index contributed by atoms with van der Waals surface area (Å²) in [5.74, 6) is 0.0311. The summed E-state index contributed by atoms with van der Waals surface area (Å²) in [6.45, 7) is 8.22. The van der Waals surface area contributed by atoms with E-state index in [0.29, 0.717) is 38.6 Å². The summed E-state index contributed by atoms with van der Waals surface area (Å²) in [4.78, 5) is 25.8. The maximum absolute atomic E-state index is 12.3. The number of nitrogens with one attached hydrogen (secondary N) is 1. The van der Waals surface area contributed by atoms with E-state index < -0.39 is 12.1 Å². The molecule has 1 aliphatic heterocycles. The number of rotatable bonds is 6. The van der Waals surface area contributed by atoms with Gasteiger partial charge < -0.3 is 14.4 Å². The lowest BCUT2D eigenvalue weighted by molar-refractivity contribution is -0.144. The minimum atomic E-state index is -0.444. The van der Waals surface area contributed by atoms with Crippen molar-refractivity contribution >= 4 is 11.9 Å². The smallest absolute Gasteiger partial charge is 0.322 e. The normalized spacial score (nSPS) is 18.8. The van der Waals surface area contributed by atoms with Gasteiger partial charge in [-0.1, -0.05) is 13.8 Å². The van der Waals surface area contributed by atoms with Gasteiger partial charge in [0.2, 0.25) is 5.91 Å². The van der Waals surface area contributed by atoms with Crippen LogP contribution < -0.4 is 5.32 Å². The van der Waals surface area contributed by atoms with E-state index in [2.05, 4.69) is 5.32 Å². The molecule has 1 fully saturated rings. The van der Waals surface area contributed by atoms with Gasteiger partial charge in [-0.25, -0.2) is 0 Å². The zero-order valence-corrected chi connectivity index (χ0v) is 12.8. The van der Waals surface area contributed by atoms with Gasteiger partial charge in [-0.2, -0.15) is 0 Å². The summed E-state index contributed by atoms with van der Waals surface area (Å²) >= 11 is 0. The molecule has 1 rings (SSSR count). The third-order valence-corrected chi connectivity index (χ3v) is 3.34. The molecule has 0 bridgehead atoms. The van der Waals surface area contributed by atoms with E-state index in [1.807, 2.05) is 13.8 Å². The Bertz CT molecular complexity index is 327. The van der Waals surface area contributed by atoms with Crippen molar-refractivity contribution in [3.05, 3.63) is 0 Å². The summed E-state index contributed by atoms with van der Waals surface area (Å²) in [6.07, 6.45) is 0.646. The molecule has 0 aromatic carbocycles. The molecular weight excluding hydrogens is 260 g/mol. The highest BCUT2D eigenvalue weighted by Crippen LogP contribution is 2.08. The van der Waals surface area contributed by atoms with Crippen molar-refractivity contribution in [2.45, 2.75) is 39.3 Å². The van der Waals surface area contributed by atoms with Gasteiger partial charge in [0.1, 0.15) is 6.04 Å². The Kier molecular flexibility index (Phi) is 6.95. The third kappa shape index (κ3) is 5.09. The quantitative estimate of drug-likeness (QED) is 0.716. The van der Waals surface area contributed by atoms with E-state index in [9.17, 15) is 9.59 Å². The maximum atomic E-state index is 12.3. The van der Waals surface area contributed by atoms with Gasteiger partial charge in [0.15, 0.2) is 0 Å². The highest BCUT2D eigenvalue weighted by molar-refractivity contribution is 5.83. The molecule has 116 valence electrons. The molecule has 1 heterocycles. The molecule has 2 atom stereocenters. The van der Waals surface area contributed by atoms with Gasteiger partial charge in [-0.3, -0.25) is 14.9 Å². The van der Waals surface area contributed by atoms with Crippen molar-refractivity contribution in [1.82, 2.24) is 10.2 Å². The second kappa shape index (κ2) is 8.21. The van der Waals surface area contributed by atoms with Crippen LogP contribution in [0.25, 0.3) is 0 Å². The second-order valence-electron chi connectivity index (χ2n) is 5.53. The second-order valence-corrected chi connectivity index (χ2v) is 5.53. The minimum absolute atomic E-state index is 0.00552. The first-order valence-corrected chi connectivity index (χ1v) is 7.16. The zero-order valence-electron chi connectivity index (χ0n) is 12.8. The number of carbonyl (C=O) groups excluding carboxylic acids is 2. The van der Waals surface area contributed by atoms with E-state index in [1.165, 1.54) is 7.11 Å². The van der Waals surface area contributed by atoms with Crippen LogP contribution in [0.4, 0.5) is 0 Å². The Labute approximate surface area is 120 Å². The molecule has 1 saturated heterocycles. The fraction of sp³-hybridized carbons (Fsp3) is 0.857. The largest absolute Gasteiger partial charge is 0.468 e. The molecule has 1 amide bonds. The fourth-order valence-electron chi connectivity index (χ4n) is 2.28. The molecule has 2 unspecified atom stereocenters. The van der Waals surface area contributed by atoms with E-state index in [-0.39, 0.29) is 11.9 Å². The van der Waals surface area contributed by atoms with Crippen molar-refractivity contribution in [2.24, 2.45) is 5.92 Å². The number of carbonyl (C=O) groups is 2. The number of ether oxygens (including phenoxy) is 2. The van der Waals surface area contributed by atoms with Crippen LogP contribution in [0, 0.1) is 5.92 Å². The fourth-order valence-corrected chi connectivity index (χ4v) is 2.28. The van der Waals surface area contributed by atoms with Gasteiger partial charge in [0.25, 0.3) is 0 Å². The molecule has 0 saturated carbocycles. The number of hydrogen-bond donors (Lipinski definition) is 1. The highest BCUT2D eigenvalue weighted by atomic mass is 16.5. The Morgan fingerprint density at radius 3 is 2.35 bits per heavy atom. The first-order chi connectivity index (χ1) is 9.45. The molecule has 6 heteroatoms. The van der Waals surface area contributed by atoms with E-state index >= 15 is 0 Å². The van der Waals surface area contributed by atoms with Crippen LogP contribution in [0.3, 0.4) is 0 Å². The summed E-state index contributed by atoms with van der Waals surface area (Å²) in [6, 6.07) is -0.851. The van der Waals surface area contributed by atoms with Crippen LogP contribution in [0.15, 0.2) is 0 Å². The van der Waals surface area contributed by atoms with Gasteiger partial charge in [0, 0.05) is 13.1 Å². The topological polar surface area (TPSA) is 67.9 Å². The number of nitrogens with zero attached hydrogens (tertiary/aromatic N) is 1. The van der Waals surface area contributed by atoms with E-state index in [0.717, 1.165) is 0 Å². The molecule has 0 radical (unpaired) electrons. The van der Waals surface area contributed by atoms with Gasteiger partial charge in [-0.15, -0.1) is 0 Å². The van der Waals surface area contributed by atoms with Crippen molar-refractivity contribution in [2.75, 3.05) is 33.4 Å². The van der Waals surface area contributed by atoms with Crippen LogP contribution in [-0.2, 0) is 19.1 Å². The number of morpholine rings is 1. The Hall–Kier alpha value is -1.14. The van der Waals surface area contributed by atoms with Crippen molar-refractivity contribution in [3.8, 4) is 0 Å². The Morgan fingerprint density at radius 1 is 1.25 bits per heavy atom. The average Bonchev–Trinajstić information content (AvgIpc) is 2.45.